The number of methoxy groups -OCH3 is 1. The van der Waals surface area contributed by atoms with Crippen molar-refractivity contribution in [3.8, 4) is 5.75 Å². The number of anilines is 1. The fourth-order valence-electron chi connectivity index (χ4n) is 4.20. The molecular weight excluding hydrogens is 414 g/mol. The monoisotopic (exact) mass is 443 g/mol. The van der Waals surface area contributed by atoms with Gasteiger partial charge in [0.25, 0.3) is 5.91 Å². The van der Waals surface area contributed by atoms with Gasteiger partial charge in [-0.25, -0.2) is 8.42 Å². The third kappa shape index (κ3) is 4.70. The highest BCUT2D eigenvalue weighted by atomic mass is 32.2. The maximum Gasteiger partial charge on any atom is 0.253 e. The number of carbonyl (C=O) groups is 1. The standard InChI is InChI=1S/C23H29N3O4S/c1-30-21-9-7-20(8-10-21)24-13-4-14-25(18-17-24)23(27)19-5-11-22(12-6-19)31(28,29)26-15-2-3-16-26/h5-12H,2-4,13-18H2,1H3. The molecule has 4 rings (SSSR count). The molecule has 8 heteroatoms. The number of carbonyl (C=O) groups excluding carboxylic acids is 1. The van der Waals surface area contributed by atoms with Crippen LogP contribution in [-0.4, -0.2) is 69.9 Å². The number of amides is 1. The zero-order chi connectivity index (χ0) is 21.8. The summed E-state index contributed by atoms with van der Waals surface area (Å²) in [5.74, 6) is 0.771. The van der Waals surface area contributed by atoms with E-state index in [1.165, 1.54) is 4.31 Å². The molecule has 2 heterocycles. The van der Waals surface area contributed by atoms with E-state index in [1.807, 2.05) is 29.2 Å². The maximum atomic E-state index is 13.0. The lowest BCUT2D eigenvalue weighted by Gasteiger charge is -2.24. The van der Waals surface area contributed by atoms with E-state index >= 15 is 0 Å². The Bertz CT molecular complexity index is 1000. The molecule has 2 aromatic rings. The second-order valence-electron chi connectivity index (χ2n) is 7.97. The van der Waals surface area contributed by atoms with Gasteiger partial charge in [-0.3, -0.25) is 4.79 Å². The van der Waals surface area contributed by atoms with E-state index in [4.69, 9.17) is 4.74 Å². The summed E-state index contributed by atoms with van der Waals surface area (Å²) >= 11 is 0. The van der Waals surface area contributed by atoms with Crippen LogP contribution < -0.4 is 9.64 Å². The zero-order valence-electron chi connectivity index (χ0n) is 17.9. The maximum absolute atomic E-state index is 13.0. The molecule has 31 heavy (non-hydrogen) atoms. The number of hydrogen-bond acceptors (Lipinski definition) is 5. The second kappa shape index (κ2) is 9.28. The highest BCUT2D eigenvalue weighted by Crippen LogP contribution is 2.23. The van der Waals surface area contributed by atoms with Gasteiger partial charge in [0, 0.05) is 50.5 Å². The molecule has 0 aromatic heterocycles. The van der Waals surface area contributed by atoms with Crippen LogP contribution in [0.5, 0.6) is 5.75 Å². The van der Waals surface area contributed by atoms with Crippen LogP contribution in [0.4, 0.5) is 5.69 Å². The van der Waals surface area contributed by atoms with Crippen molar-refractivity contribution in [2.75, 3.05) is 51.3 Å². The molecule has 0 bridgehead atoms. The first kappa shape index (κ1) is 21.6. The van der Waals surface area contributed by atoms with Gasteiger partial charge >= 0.3 is 0 Å². The summed E-state index contributed by atoms with van der Waals surface area (Å²) in [4.78, 5) is 17.4. The Balaban J connectivity index is 1.41. The van der Waals surface area contributed by atoms with E-state index in [2.05, 4.69) is 4.90 Å². The molecule has 0 unspecified atom stereocenters. The first-order valence-electron chi connectivity index (χ1n) is 10.8. The molecule has 7 nitrogen and oxygen atoms in total. The second-order valence-corrected chi connectivity index (χ2v) is 9.90. The molecule has 0 atom stereocenters. The van der Waals surface area contributed by atoms with Gasteiger partial charge in [0.05, 0.1) is 12.0 Å². The minimum atomic E-state index is -3.46. The summed E-state index contributed by atoms with van der Waals surface area (Å²) in [6.45, 7) is 4.07. The summed E-state index contributed by atoms with van der Waals surface area (Å²) in [6.07, 6.45) is 2.68. The average Bonchev–Trinajstić information content (AvgIpc) is 3.25. The highest BCUT2D eigenvalue weighted by Gasteiger charge is 2.27. The lowest BCUT2D eigenvalue weighted by Crippen LogP contribution is -2.35. The predicted octanol–water partition coefficient (Wildman–Crippen LogP) is 2.83. The number of benzene rings is 2. The summed E-state index contributed by atoms with van der Waals surface area (Å²) in [6, 6.07) is 14.4. The minimum absolute atomic E-state index is 0.0540. The number of hydrogen-bond donors (Lipinski definition) is 0. The molecule has 2 aromatic carbocycles. The number of sulfonamides is 1. The Morgan fingerprint density at radius 2 is 1.48 bits per heavy atom. The summed E-state index contributed by atoms with van der Waals surface area (Å²) in [5, 5.41) is 0. The van der Waals surface area contributed by atoms with Crippen LogP contribution >= 0.6 is 0 Å². The molecule has 2 saturated heterocycles. The van der Waals surface area contributed by atoms with Crippen molar-refractivity contribution in [1.82, 2.24) is 9.21 Å². The molecular formula is C23H29N3O4S. The zero-order valence-corrected chi connectivity index (χ0v) is 18.7. The van der Waals surface area contributed by atoms with E-state index in [0.717, 1.165) is 43.8 Å². The van der Waals surface area contributed by atoms with Crippen LogP contribution in [-0.2, 0) is 10.0 Å². The van der Waals surface area contributed by atoms with E-state index in [9.17, 15) is 13.2 Å². The van der Waals surface area contributed by atoms with E-state index in [0.29, 0.717) is 31.7 Å². The van der Waals surface area contributed by atoms with Gasteiger partial charge in [-0.15, -0.1) is 0 Å². The van der Waals surface area contributed by atoms with Crippen molar-refractivity contribution >= 4 is 21.6 Å². The molecule has 0 saturated carbocycles. The first-order chi connectivity index (χ1) is 15.0. The number of ether oxygens (including phenoxy) is 1. The van der Waals surface area contributed by atoms with Gasteiger partial charge < -0.3 is 14.5 Å². The van der Waals surface area contributed by atoms with Gasteiger partial charge in [-0.05, 0) is 67.8 Å². The summed E-state index contributed by atoms with van der Waals surface area (Å²) < 4.78 is 32.1. The van der Waals surface area contributed by atoms with Crippen LogP contribution in [0.3, 0.4) is 0 Å². The fraction of sp³-hybridized carbons (Fsp3) is 0.435. The lowest BCUT2D eigenvalue weighted by atomic mass is 10.2. The Hall–Kier alpha value is -2.58. The predicted molar refractivity (Wildman–Crippen MR) is 120 cm³/mol. The van der Waals surface area contributed by atoms with E-state index in [1.54, 1.807) is 31.4 Å². The summed E-state index contributed by atoms with van der Waals surface area (Å²) in [5.41, 5.74) is 1.64. The SMILES string of the molecule is COc1ccc(N2CCCN(C(=O)c3ccc(S(=O)(=O)N4CCCC4)cc3)CC2)cc1. The van der Waals surface area contributed by atoms with Gasteiger partial charge in [-0.2, -0.15) is 4.31 Å². The first-order valence-corrected chi connectivity index (χ1v) is 12.2. The number of rotatable bonds is 5. The molecule has 166 valence electrons. The third-order valence-corrected chi connectivity index (χ3v) is 7.94. The quantitative estimate of drug-likeness (QED) is 0.711. The highest BCUT2D eigenvalue weighted by molar-refractivity contribution is 7.89. The molecule has 0 N–H and O–H groups in total. The van der Waals surface area contributed by atoms with Crippen molar-refractivity contribution < 1.29 is 17.9 Å². The van der Waals surface area contributed by atoms with Crippen LogP contribution in [0.25, 0.3) is 0 Å². The van der Waals surface area contributed by atoms with Crippen LogP contribution in [0.15, 0.2) is 53.4 Å². The van der Waals surface area contributed by atoms with Crippen molar-refractivity contribution in [1.29, 1.82) is 0 Å². The molecule has 1 amide bonds. The lowest BCUT2D eigenvalue weighted by molar-refractivity contribution is 0.0767. The molecule has 2 fully saturated rings. The van der Waals surface area contributed by atoms with Crippen LogP contribution in [0.2, 0.25) is 0 Å². The normalized spacial score (nSPS) is 18.1. The molecule has 0 spiro atoms. The van der Waals surface area contributed by atoms with Gasteiger partial charge in [0.1, 0.15) is 5.75 Å². The third-order valence-electron chi connectivity index (χ3n) is 6.02. The Kier molecular flexibility index (Phi) is 6.48. The van der Waals surface area contributed by atoms with Gasteiger partial charge in [0.2, 0.25) is 10.0 Å². The Morgan fingerprint density at radius 1 is 0.806 bits per heavy atom. The smallest absolute Gasteiger partial charge is 0.253 e. The van der Waals surface area contributed by atoms with Crippen molar-refractivity contribution in [3.05, 3.63) is 54.1 Å². The Labute approximate surface area is 184 Å². The fourth-order valence-corrected chi connectivity index (χ4v) is 5.72. The molecule has 2 aliphatic heterocycles. The molecule has 2 aliphatic rings. The molecule has 0 aliphatic carbocycles. The largest absolute Gasteiger partial charge is 0.497 e. The molecule has 0 radical (unpaired) electrons. The topological polar surface area (TPSA) is 70.2 Å². The van der Waals surface area contributed by atoms with Crippen LogP contribution in [0.1, 0.15) is 29.6 Å². The average molecular weight is 444 g/mol. The van der Waals surface area contributed by atoms with Crippen LogP contribution in [0, 0.1) is 0 Å². The van der Waals surface area contributed by atoms with E-state index < -0.39 is 10.0 Å². The van der Waals surface area contributed by atoms with Gasteiger partial charge in [-0.1, -0.05) is 0 Å². The van der Waals surface area contributed by atoms with E-state index in [-0.39, 0.29) is 10.8 Å². The van der Waals surface area contributed by atoms with Gasteiger partial charge in [0.15, 0.2) is 0 Å². The summed E-state index contributed by atoms with van der Waals surface area (Å²) in [7, 11) is -1.81. The van der Waals surface area contributed by atoms with Crippen molar-refractivity contribution in [2.45, 2.75) is 24.2 Å². The number of nitrogens with zero attached hydrogens (tertiary/aromatic N) is 3. The van der Waals surface area contributed by atoms with Crippen molar-refractivity contribution in [3.63, 3.8) is 0 Å². The van der Waals surface area contributed by atoms with Crippen molar-refractivity contribution in [2.24, 2.45) is 0 Å². The minimum Gasteiger partial charge on any atom is -0.497 e. The Morgan fingerprint density at radius 3 is 2.13 bits per heavy atom.